The van der Waals surface area contributed by atoms with E-state index in [0.29, 0.717) is 5.65 Å². The molecule has 4 aromatic rings. The highest BCUT2D eigenvalue weighted by molar-refractivity contribution is 7.13. The van der Waals surface area contributed by atoms with Gasteiger partial charge in [-0.2, -0.15) is 5.10 Å². The van der Waals surface area contributed by atoms with Crippen LogP contribution in [0.15, 0.2) is 30.0 Å². The van der Waals surface area contributed by atoms with Crippen molar-refractivity contribution < 1.29 is 4.74 Å². The van der Waals surface area contributed by atoms with E-state index in [9.17, 15) is 0 Å². The van der Waals surface area contributed by atoms with Crippen LogP contribution in [-0.4, -0.2) is 68.5 Å². The molecule has 0 saturated carbocycles. The highest BCUT2D eigenvalue weighted by Gasteiger charge is 2.47. The number of rotatable bonds is 3. The second-order valence-electron chi connectivity index (χ2n) is 10.1. The first kappa shape index (κ1) is 22.1. The normalized spacial score (nSPS) is 23.5. The molecule has 0 unspecified atom stereocenters. The number of anilines is 3. The van der Waals surface area contributed by atoms with Crippen LogP contribution in [0, 0.1) is 5.41 Å². The molecule has 3 aliphatic heterocycles. The molecule has 7 heterocycles. The van der Waals surface area contributed by atoms with E-state index in [1.165, 1.54) is 0 Å². The molecule has 0 aromatic carbocycles. The minimum atomic E-state index is 0.0875. The third kappa shape index (κ3) is 3.48. The molecule has 0 bridgehead atoms. The summed E-state index contributed by atoms with van der Waals surface area (Å²) in [7, 11) is 0. The van der Waals surface area contributed by atoms with Gasteiger partial charge in [-0.05, 0) is 44.7 Å². The highest BCUT2D eigenvalue weighted by atomic mass is 32.1. The summed E-state index contributed by atoms with van der Waals surface area (Å²) in [6, 6.07) is 4.30. The molecule has 3 aliphatic rings. The van der Waals surface area contributed by atoms with Crippen LogP contribution >= 0.6 is 11.3 Å². The zero-order valence-corrected chi connectivity index (χ0v) is 21.0. The second kappa shape index (κ2) is 8.46. The fourth-order valence-electron chi connectivity index (χ4n) is 5.92. The molecule has 7 rings (SSSR count). The summed E-state index contributed by atoms with van der Waals surface area (Å²) in [5.74, 6) is 1.68. The van der Waals surface area contributed by atoms with Crippen LogP contribution in [0.2, 0.25) is 0 Å². The molecule has 2 fully saturated rings. The summed E-state index contributed by atoms with van der Waals surface area (Å²) in [4.78, 5) is 24.5. The van der Waals surface area contributed by atoms with Crippen molar-refractivity contribution in [2.45, 2.75) is 44.8 Å². The Bertz CT molecular complexity index is 1400. The van der Waals surface area contributed by atoms with Gasteiger partial charge in [0, 0.05) is 37.3 Å². The zero-order chi connectivity index (χ0) is 24.3. The number of nitrogens with two attached hydrogens (primary N) is 1. The summed E-state index contributed by atoms with van der Waals surface area (Å²) in [5, 5.41) is 7.77. The van der Waals surface area contributed by atoms with Crippen LogP contribution in [-0.2, 0) is 11.2 Å². The molecule has 2 saturated heterocycles. The fraction of sp³-hybridized carbons (Fsp3) is 0.480. The molecule has 0 amide bonds. The van der Waals surface area contributed by atoms with Crippen molar-refractivity contribution in [3.05, 3.63) is 35.7 Å². The van der Waals surface area contributed by atoms with Crippen molar-refractivity contribution in [1.29, 1.82) is 0 Å². The summed E-state index contributed by atoms with van der Waals surface area (Å²) in [5.41, 5.74) is 13.0. The van der Waals surface area contributed by atoms with Gasteiger partial charge in [0.1, 0.15) is 5.82 Å². The molecule has 0 radical (unpaired) electrons. The molecule has 186 valence electrons. The molecule has 36 heavy (non-hydrogen) atoms. The summed E-state index contributed by atoms with van der Waals surface area (Å²) in [6.07, 6.45) is 7.84. The van der Waals surface area contributed by atoms with Gasteiger partial charge >= 0.3 is 0 Å². The van der Waals surface area contributed by atoms with Gasteiger partial charge < -0.3 is 20.3 Å². The van der Waals surface area contributed by atoms with Gasteiger partial charge in [-0.3, -0.25) is 10.1 Å². The van der Waals surface area contributed by atoms with Crippen LogP contribution in [0.5, 0.6) is 0 Å². The Kier molecular flexibility index (Phi) is 5.19. The maximum atomic E-state index is 6.49. The number of hydrogen-bond acceptors (Lipinski definition) is 10. The second-order valence-corrected chi connectivity index (χ2v) is 11.0. The van der Waals surface area contributed by atoms with Crippen molar-refractivity contribution >= 4 is 39.8 Å². The number of pyridine rings is 1. The average molecular weight is 504 g/mol. The lowest BCUT2D eigenvalue weighted by Crippen LogP contribution is -2.50. The molecule has 2 atom stereocenters. The number of piperidine rings is 1. The lowest BCUT2D eigenvalue weighted by atomic mass is 9.73. The zero-order valence-electron chi connectivity index (χ0n) is 20.2. The number of fused-ring (bicyclic) bond motifs is 2. The van der Waals surface area contributed by atoms with Gasteiger partial charge in [-0.1, -0.05) is 0 Å². The lowest BCUT2D eigenvalue weighted by Gasteiger charge is -2.41. The van der Waals surface area contributed by atoms with E-state index in [4.69, 9.17) is 25.4 Å². The van der Waals surface area contributed by atoms with Gasteiger partial charge in [-0.25, -0.2) is 15.0 Å². The fourth-order valence-corrected chi connectivity index (χ4v) is 6.51. The Balaban J connectivity index is 1.14. The first-order chi connectivity index (χ1) is 17.6. The highest BCUT2D eigenvalue weighted by Crippen LogP contribution is 2.42. The van der Waals surface area contributed by atoms with Crippen LogP contribution < -0.4 is 15.5 Å². The summed E-state index contributed by atoms with van der Waals surface area (Å²) >= 11 is 1.61. The number of aryl methyl sites for hydroxylation is 1. The monoisotopic (exact) mass is 503 g/mol. The lowest BCUT2D eigenvalue weighted by molar-refractivity contribution is 0.0974. The van der Waals surface area contributed by atoms with Crippen LogP contribution in [0.3, 0.4) is 0 Å². The predicted molar refractivity (Wildman–Crippen MR) is 140 cm³/mol. The molecule has 1 spiro atoms. The van der Waals surface area contributed by atoms with E-state index in [1.807, 2.05) is 17.9 Å². The SMILES string of the molecule is C[C@@H]1OCC2(CCN(c3cnc4c(N5CCCc6nc(-c7cncs7)ccc65)n[nH]c4n3)CC2)[C@@H]1N. The number of hydrogen-bond donors (Lipinski definition) is 2. The number of thiazole rings is 1. The quantitative estimate of drug-likeness (QED) is 0.434. The predicted octanol–water partition coefficient (Wildman–Crippen LogP) is 3.29. The van der Waals surface area contributed by atoms with E-state index in [-0.39, 0.29) is 17.6 Å². The third-order valence-corrected chi connectivity index (χ3v) is 8.94. The number of aromatic amines is 1. The molecule has 11 heteroatoms. The van der Waals surface area contributed by atoms with Gasteiger partial charge in [0.25, 0.3) is 0 Å². The van der Waals surface area contributed by atoms with Crippen molar-refractivity contribution in [2.24, 2.45) is 11.1 Å². The van der Waals surface area contributed by atoms with E-state index >= 15 is 0 Å². The van der Waals surface area contributed by atoms with Gasteiger partial charge in [0.2, 0.25) is 0 Å². The van der Waals surface area contributed by atoms with Gasteiger partial charge in [-0.15, -0.1) is 11.3 Å². The topological polar surface area (TPSA) is 122 Å². The Morgan fingerprint density at radius 1 is 1.17 bits per heavy atom. The molecule has 0 aliphatic carbocycles. The van der Waals surface area contributed by atoms with Crippen molar-refractivity contribution in [2.75, 3.05) is 36.0 Å². The molecular weight excluding hydrogens is 474 g/mol. The van der Waals surface area contributed by atoms with Crippen molar-refractivity contribution in [3.8, 4) is 10.6 Å². The van der Waals surface area contributed by atoms with E-state index in [2.05, 4.69) is 44.0 Å². The average Bonchev–Trinajstić information content (AvgIpc) is 3.66. The smallest absolute Gasteiger partial charge is 0.183 e. The van der Waals surface area contributed by atoms with E-state index in [0.717, 1.165) is 91.0 Å². The Hall–Kier alpha value is -3.15. The van der Waals surface area contributed by atoms with Crippen LogP contribution in [0.1, 0.15) is 31.9 Å². The summed E-state index contributed by atoms with van der Waals surface area (Å²) in [6.45, 7) is 5.51. The molecule has 3 N–H and O–H groups in total. The van der Waals surface area contributed by atoms with E-state index in [1.54, 1.807) is 11.3 Å². The molecule has 10 nitrogen and oxygen atoms in total. The first-order valence-corrected chi connectivity index (χ1v) is 13.5. The Labute approximate surface area is 212 Å². The van der Waals surface area contributed by atoms with Crippen molar-refractivity contribution in [3.63, 3.8) is 0 Å². The first-order valence-electron chi connectivity index (χ1n) is 12.6. The molecule has 4 aromatic heterocycles. The number of aromatic nitrogens is 6. The Morgan fingerprint density at radius 2 is 2.06 bits per heavy atom. The minimum absolute atomic E-state index is 0.0875. The minimum Gasteiger partial charge on any atom is -0.376 e. The van der Waals surface area contributed by atoms with Crippen LogP contribution in [0.25, 0.3) is 21.7 Å². The van der Waals surface area contributed by atoms with Gasteiger partial charge in [0.15, 0.2) is 17.0 Å². The standard InChI is InChI=1S/C25H29N9OS/c1-15-22(26)25(13-35-15)6-9-33(10-7-25)20-12-28-21-23(30-20)31-32-24(21)34-8-2-3-16-18(34)5-4-17(29-16)19-11-27-14-36-19/h4-5,11-12,14-15,22H,2-3,6-10,13,26H2,1H3,(H,30,31,32)/t15-,22+/m0/s1. The summed E-state index contributed by atoms with van der Waals surface area (Å²) < 4.78 is 5.87. The van der Waals surface area contributed by atoms with Crippen LogP contribution in [0.4, 0.5) is 17.3 Å². The van der Waals surface area contributed by atoms with Crippen molar-refractivity contribution in [1.82, 2.24) is 30.1 Å². The number of nitrogens with zero attached hydrogens (tertiary/aromatic N) is 7. The Morgan fingerprint density at radius 3 is 2.83 bits per heavy atom. The molecular formula is C25H29N9OS. The number of H-pyrrole nitrogens is 1. The maximum absolute atomic E-state index is 6.49. The number of nitrogens with one attached hydrogen (secondary N) is 1. The van der Waals surface area contributed by atoms with E-state index < -0.39 is 0 Å². The number of ether oxygens (including phenoxy) is 1. The third-order valence-electron chi connectivity index (χ3n) is 8.15. The maximum Gasteiger partial charge on any atom is 0.183 e. The largest absolute Gasteiger partial charge is 0.376 e. The van der Waals surface area contributed by atoms with Gasteiger partial charge in [0.05, 0.1) is 46.4 Å².